The first-order valence-electron chi connectivity index (χ1n) is 7.91. The molecule has 2 heterocycles. The molecule has 0 fully saturated rings. The van der Waals surface area contributed by atoms with Gasteiger partial charge in [-0.05, 0) is 50.1 Å². The summed E-state index contributed by atoms with van der Waals surface area (Å²) in [4.78, 5) is 12.6. The fraction of sp³-hybridized carbons (Fsp3) is 0.211. The molecule has 0 saturated heterocycles. The first-order valence-corrected chi connectivity index (χ1v) is 8.70. The molecule has 1 N–H and O–H groups in total. The minimum absolute atomic E-state index is 0.00960. The van der Waals surface area contributed by atoms with Gasteiger partial charge < -0.3 is 5.32 Å². The monoisotopic (exact) mass is 383 g/mol. The molecule has 24 heavy (non-hydrogen) atoms. The molecular formula is C19H18BrN3O. The van der Waals surface area contributed by atoms with Gasteiger partial charge in [0, 0.05) is 21.8 Å². The van der Waals surface area contributed by atoms with Gasteiger partial charge >= 0.3 is 0 Å². The van der Waals surface area contributed by atoms with Crippen molar-refractivity contribution in [1.82, 2.24) is 9.36 Å². The SMILES string of the molecule is Cc1cc2c(cc1C)-n1c(C)cc(=O)n1C(c1ccccc1Br)N2. The van der Waals surface area contributed by atoms with Gasteiger partial charge in [0.05, 0.1) is 11.4 Å². The Morgan fingerprint density at radius 2 is 1.75 bits per heavy atom. The lowest BCUT2D eigenvalue weighted by Crippen LogP contribution is -2.36. The summed E-state index contributed by atoms with van der Waals surface area (Å²) < 4.78 is 4.78. The van der Waals surface area contributed by atoms with Crippen molar-refractivity contribution in [2.45, 2.75) is 26.9 Å². The number of rotatable bonds is 1. The molecule has 1 aromatic heterocycles. The molecule has 0 saturated carbocycles. The van der Waals surface area contributed by atoms with Gasteiger partial charge in [-0.15, -0.1) is 0 Å². The number of hydrogen-bond acceptors (Lipinski definition) is 2. The highest BCUT2D eigenvalue weighted by molar-refractivity contribution is 9.10. The molecule has 5 heteroatoms. The van der Waals surface area contributed by atoms with Gasteiger partial charge in [0.2, 0.25) is 0 Å². The van der Waals surface area contributed by atoms with Gasteiger partial charge in [-0.25, -0.2) is 4.68 Å². The van der Waals surface area contributed by atoms with Gasteiger partial charge in [-0.3, -0.25) is 9.48 Å². The number of anilines is 1. The smallest absolute Gasteiger partial charge is 0.269 e. The van der Waals surface area contributed by atoms with Crippen LogP contribution in [0.15, 0.2) is 51.7 Å². The third-order valence-corrected chi connectivity index (χ3v) is 5.41. The summed E-state index contributed by atoms with van der Waals surface area (Å²) in [6.45, 7) is 6.17. The lowest BCUT2D eigenvalue weighted by atomic mass is 10.1. The van der Waals surface area contributed by atoms with Crippen LogP contribution in [0, 0.1) is 20.8 Å². The largest absolute Gasteiger partial charge is 0.358 e. The van der Waals surface area contributed by atoms with Crippen molar-refractivity contribution in [2.75, 3.05) is 5.32 Å². The predicted octanol–water partition coefficient (Wildman–Crippen LogP) is 4.30. The van der Waals surface area contributed by atoms with Crippen LogP contribution in [-0.4, -0.2) is 9.36 Å². The second kappa shape index (κ2) is 5.38. The van der Waals surface area contributed by atoms with Crippen LogP contribution in [-0.2, 0) is 0 Å². The van der Waals surface area contributed by atoms with Gasteiger partial charge in [0.25, 0.3) is 5.56 Å². The maximum Gasteiger partial charge on any atom is 0.269 e. The quantitative estimate of drug-likeness (QED) is 0.680. The molecule has 1 unspecified atom stereocenters. The molecule has 0 bridgehead atoms. The zero-order valence-electron chi connectivity index (χ0n) is 13.8. The Labute approximate surface area is 148 Å². The number of hydrogen-bond donors (Lipinski definition) is 1. The lowest BCUT2D eigenvalue weighted by Gasteiger charge is -2.32. The summed E-state index contributed by atoms with van der Waals surface area (Å²) in [5.41, 5.74) is 6.45. The van der Waals surface area contributed by atoms with E-state index < -0.39 is 0 Å². The molecule has 0 aliphatic carbocycles. The predicted molar refractivity (Wildman–Crippen MR) is 100 cm³/mol. The fourth-order valence-corrected chi connectivity index (χ4v) is 3.83. The highest BCUT2D eigenvalue weighted by Gasteiger charge is 2.28. The van der Waals surface area contributed by atoms with Gasteiger partial charge in [0.15, 0.2) is 0 Å². The van der Waals surface area contributed by atoms with Crippen LogP contribution in [0.4, 0.5) is 5.69 Å². The van der Waals surface area contributed by atoms with E-state index in [9.17, 15) is 4.79 Å². The van der Waals surface area contributed by atoms with Crippen molar-refractivity contribution in [1.29, 1.82) is 0 Å². The van der Waals surface area contributed by atoms with E-state index in [1.54, 1.807) is 10.7 Å². The average molecular weight is 384 g/mol. The van der Waals surface area contributed by atoms with Crippen molar-refractivity contribution in [2.24, 2.45) is 0 Å². The van der Waals surface area contributed by atoms with E-state index in [2.05, 4.69) is 47.2 Å². The van der Waals surface area contributed by atoms with E-state index in [1.165, 1.54) is 11.1 Å². The summed E-state index contributed by atoms with van der Waals surface area (Å²) in [6.07, 6.45) is -0.253. The number of aryl methyl sites for hydroxylation is 3. The highest BCUT2D eigenvalue weighted by atomic mass is 79.9. The number of halogens is 1. The highest BCUT2D eigenvalue weighted by Crippen LogP contribution is 2.36. The molecule has 0 amide bonds. The zero-order valence-corrected chi connectivity index (χ0v) is 15.4. The van der Waals surface area contributed by atoms with Crippen LogP contribution in [0.5, 0.6) is 0 Å². The van der Waals surface area contributed by atoms with Crippen molar-refractivity contribution >= 4 is 21.6 Å². The molecule has 0 spiro atoms. The van der Waals surface area contributed by atoms with E-state index in [4.69, 9.17) is 0 Å². The minimum Gasteiger partial charge on any atom is -0.358 e. The minimum atomic E-state index is -0.253. The molecule has 1 atom stereocenters. The Balaban J connectivity index is 2.03. The molecule has 3 aromatic rings. The topological polar surface area (TPSA) is 39.0 Å². The molecule has 0 radical (unpaired) electrons. The molecule has 1 aliphatic heterocycles. The second-order valence-corrected chi connectivity index (χ2v) is 7.16. The maximum absolute atomic E-state index is 12.6. The van der Waals surface area contributed by atoms with Crippen LogP contribution < -0.4 is 10.9 Å². The molecule has 4 rings (SSSR count). The van der Waals surface area contributed by atoms with E-state index in [1.807, 2.05) is 35.9 Å². The van der Waals surface area contributed by atoms with Crippen molar-refractivity contribution < 1.29 is 0 Å². The zero-order chi connectivity index (χ0) is 17.0. The van der Waals surface area contributed by atoms with Crippen molar-refractivity contribution in [3.05, 3.63) is 79.7 Å². The Kier molecular flexibility index (Phi) is 3.42. The summed E-state index contributed by atoms with van der Waals surface area (Å²) in [5, 5.41) is 3.54. The Morgan fingerprint density at radius 3 is 2.50 bits per heavy atom. The standard InChI is InChI=1S/C19H18BrN3O/c1-11-8-16-17(9-12(11)2)22-13(3)10-18(24)23(22)19(21-16)14-6-4-5-7-15(14)20/h4-10,19,21H,1-3H3. The van der Waals surface area contributed by atoms with Crippen molar-refractivity contribution in [3.8, 4) is 5.69 Å². The summed E-state index contributed by atoms with van der Waals surface area (Å²) >= 11 is 3.62. The fourth-order valence-electron chi connectivity index (χ4n) is 3.33. The van der Waals surface area contributed by atoms with E-state index in [0.717, 1.165) is 27.1 Å². The molecule has 122 valence electrons. The first-order chi connectivity index (χ1) is 11.5. The molecule has 4 nitrogen and oxygen atoms in total. The first kappa shape index (κ1) is 15.3. The van der Waals surface area contributed by atoms with Crippen LogP contribution in [0.2, 0.25) is 0 Å². The van der Waals surface area contributed by atoms with Gasteiger partial charge in [-0.1, -0.05) is 34.1 Å². The third kappa shape index (κ3) is 2.15. The van der Waals surface area contributed by atoms with E-state index >= 15 is 0 Å². The number of nitrogens with one attached hydrogen (secondary N) is 1. The van der Waals surface area contributed by atoms with Crippen LogP contribution >= 0.6 is 15.9 Å². The normalized spacial score (nSPS) is 15.6. The second-order valence-electron chi connectivity index (χ2n) is 6.30. The number of nitrogens with zero attached hydrogens (tertiary/aromatic N) is 2. The Bertz CT molecular complexity index is 1020. The van der Waals surface area contributed by atoms with Crippen LogP contribution in [0.3, 0.4) is 0 Å². The molecule has 2 aromatic carbocycles. The molecular weight excluding hydrogens is 366 g/mol. The number of fused-ring (bicyclic) bond motifs is 3. The number of aromatic nitrogens is 2. The number of benzene rings is 2. The Morgan fingerprint density at radius 1 is 1.04 bits per heavy atom. The maximum atomic E-state index is 12.6. The van der Waals surface area contributed by atoms with E-state index in [-0.39, 0.29) is 11.7 Å². The van der Waals surface area contributed by atoms with Crippen LogP contribution in [0.25, 0.3) is 5.69 Å². The van der Waals surface area contributed by atoms with Crippen LogP contribution in [0.1, 0.15) is 28.6 Å². The summed E-state index contributed by atoms with van der Waals surface area (Å²) in [6, 6.07) is 14.0. The Hall–Kier alpha value is -2.27. The average Bonchev–Trinajstić information content (AvgIpc) is 2.84. The van der Waals surface area contributed by atoms with Gasteiger partial charge in [-0.2, -0.15) is 0 Å². The lowest BCUT2D eigenvalue weighted by molar-refractivity contribution is 0.482. The molecule has 1 aliphatic rings. The third-order valence-electron chi connectivity index (χ3n) is 4.68. The van der Waals surface area contributed by atoms with E-state index in [0.29, 0.717) is 0 Å². The summed E-state index contributed by atoms with van der Waals surface area (Å²) in [7, 11) is 0. The van der Waals surface area contributed by atoms with Gasteiger partial charge in [0.1, 0.15) is 6.17 Å². The summed E-state index contributed by atoms with van der Waals surface area (Å²) in [5.74, 6) is 0. The van der Waals surface area contributed by atoms with Crippen molar-refractivity contribution in [3.63, 3.8) is 0 Å².